The van der Waals surface area contributed by atoms with E-state index in [1.54, 1.807) is 17.0 Å². The van der Waals surface area contributed by atoms with Gasteiger partial charge < -0.3 is 10.0 Å². The molecular weight excluding hydrogens is 371 g/mol. The maximum atomic E-state index is 13.2. The van der Waals surface area contributed by atoms with E-state index in [9.17, 15) is 22.7 Å². The van der Waals surface area contributed by atoms with Crippen molar-refractivity contribution in [2.75, 3.05) is 17.8 Å². The highest BCUT2D eigenvalue weighted by Gasteiger charge is 2.24. The summed E-state index contributed by atoms with van der Waals surface area (Å²) in [5.74, 6) is -0.768. The van der Waals surface area contributed by atoms with Gasteiger partial charge in [-0.15, -0.1) is 0 Å². The van der Waals surface area contributed by atoms with Crippen LogP contribution in [-0.2, 0) is 10.0 Å². The molecule has 1 saturated heterocycles. The molecule has 3 rings (SSSR count). The predicted molar refractivity (Wildman–Crippen MR) is 99.5 cm³/mol. The molecule has 0 spiro atoms. The number of amides is 1. The van der Waals surface area contributed by atoms with Crippen LogP contribution in [0.15, 0.2) is 47.4 Å². The summed E-state index contributed by atoms with van der Waals surface area (Å²) in [5.41, 5.74) is 0.860. The Bertz CT molecular complexity index is 962. The Morgan fingerprint density at radius 2 is 2.04 bits per heavy atom. The summed E-state index contributed by atoms with van der Waals surface area (Å²) in [6, 6.07) is 9.63. The zero-order chi connectivity index (χ0) is 19.6. The molecule has 1 aliphatic heterocycles. The molecule has 1 heterocycles. The van der Waals surface area contributed by atoms with Crippen LogP contribution < -0.4 is 4.72 Å². The topological polar surface area (TPSA) is 86.7 Å². The number of hydrogen-bond donors (Lipinski definition) is 2. The molecule has 0 radical (unpaired) electrons. The van der Waals surface area contributed by atoms with E-state index in [0.717, 1.165) is 18.6 Å². The van der Waals surface area contributed by atoms with Crippen molar-refractivity contribution in [2.24, 2.45) is 0 Å². The molecule has 0 unspecified atom stereocenters. The number of aryl methyl sites for hydroxylation is 1. The van der Waals surface area contributed by atoms with E-state index in [1.807, 2.05) is 0 Å². The highest BCUT2D eigenvalue weighted by Crippen LogP contribution is 2.22. The molecule has 1 atom stereocenters. The summed E-state index contributed by atoms with van der Waals surface area (Å²) in [7, 11) is -3.92. The number of aliphatic hydroxyl groups is 1. The summed E-state index contributed by atoms with van der Waals surface area (Å²) in [6.45, 7) is 2.34. The minimum absolute atomic E-state index is 0.0280. The van der Waals surface area contributed by atoms with Gasteiger partial charge in [-0.3, -0.25) is 9.52 Å². The Kier molecular flexibility index (Phi) is 5.48. The molecule has 27 heavy (non-hydrogen) atoms. The van der Waals surface area contributed by atoms with Gasteiger partial charge >= 0.3 is 0 Å². The van der Waals surface area contributed by atoms with Gasteiger partial charge in [0.15, 0.2) is 0 Å². The number of piperidine rings is 1. The number of sulfonamides is 1. The van der Waals surface area contributed by atoms with Crippen molar-refractivity contribution in [3.8, 4) is 0 Å². The van der Waals surface area contributed by atoms with Gasteiger partial charge in [0, 0.05) is 24.3 Å². The molecule has 144 valence electrons. The number of carbonyl (C=O) groups excluding carboxylic acids is 1. The van der Waals surface area contributed by atoms with Gasteiger partial charge in [-0.05, 0) is 61.7 Å². The SMILES string of the molecule is Cc1cc(F)ccc1S(=O)(=O)Nc1cccc(C(=O)N2CCC[C@H](O)C2)c1. The van der Waals surface area contributed by atoms with E-state index in [4.69, 9.17) is 0 Å². The number of nitrogens with zero attached hydrogens (tertiary/aromatic N) is 1. The van der Waals surface area contributed by atoms with E-state index in [1.165, 1.54) is 25.1 Å². The van der Waals surface area contributed by atoms with E-state index < -0.39 is 21.9 Å². The van der Waals surface area contributed by atoms with Crippen LogP contribution in [0.3, 0.4) is 0 Å². The van der Waals surface area contributed by atoms with E-state index in [0.29, 0.717) is 18.5 Å². The number of nitrogens with one attached hydrogen (secondary N) is 1. The van der Waals surface area contributed by atoms with E-state index >= 15 is 0 Å². The lowest BCUT2D eigenvalue weighted by Gasteiger charge is -2.30. The Morgan fingerprint density at radius 3 is 2.74 bits per heavy atom. The minimum Gasteiger partial charge on any atom is -0.391 e. The normalized spacial score (nSPS) is 17.6. The number of rotatable bonds is 4. The second kappa shape index (κ2) is 7.66. The first kappa shape index (κ1) is 19.3. The molecule has 8 heteroatoms. The maximum Gasteiger partial charge on any atom is 0.262 e. The molecule has 0 aromatic heterocycles. The molecule has 0 aliphatic carbocycles. The summed E-state index contributed by atoms with van der Waals surface area (Å²) >= 11 is 0. The lowest BCUT2D eigenvalue weighted by molar-refractivity contribution is 0.0474. The first-order valence-electron chi connectivity index (χ1n) is 8.62. The number of halogens is 1. The minimum atomic E-state index is -3.92. The van der Waals surface area contributed by atoms with Crippen molar-refractivity contribution in [1.82, 2.24) is 4.90 Å². The van der Waals surface area contributed by atoms with Gasteiger partial charge in [0.05, 0.1) is 11.0 Å². The first-order valence-corrected chi connectivity index (χ1v) is 10.1. The van der Waals surface area contributed by atoms with E-state index in [2.05, 4.69) is 4.72 Å². The standard InChI is InChI=1S/C19H21FN2O4S/c1-13-10-15(20)7-8-18(13)27(25,26)21-16-5-2-4-14(11-16)19(24)22-9-3-6-17(23)12-22/h2,4-5,7-8,10-11,17,21,23H,3,6,9,12H2,1H3/t17-/m0/s1. The van der Waals surface area contributed by atoms with Gasteiger partial charge in [0.1, 0.15) is 5.82 Å². The average molecular weight is 392 g/mol. The number of hydrogen-bond acceptors (Lipinski definition) is 4. The van der Waals surface area contributed by atoms with Crippen LogP contribution in [0.2, 0.25) is 0 Å². The summed E-state index contributed by atoms with van der Waals surface area (Å²) in [5, 5.41) is 9.74. The predicted octanol–water partition coefficient (Wildman–Crippen LogP) is 2.53. The van der Waals surface area contributed by atoms with Gasteiger partial charge in [-0.1, -0.05) is 6.07 Å². The molecular formula is C19H21FN2O4S. The van der Waals surface area contributed by atoms with E-state index in [-0.39, 0.29) is 28.6 Å². The summed E-state index contributed by atoms with van der Waals surface area (Å²) in [6.07, 6.45) is 0.856. The second-order valence-electron chi connectivity index (χ2n) is 6.64. The lowest BCUT2D eigenvalue weighted by atomic mass is 10.1. The number of carbonyl (C=O) groups is 1. The van der Waals surface area contributed by atoms with Crippen LogP contribution in [0.25, 0.3) is 0 Å². The van der Waals surface area contributed by atoms with Crippen LogP contribution in [0.5, 0.6) is 0 Å². The fourth-order valence-corrected chi connectivity index (χ4v) is 4.44. The van der Waals surface area contributed by atoms with Crippen LogP contribution in [0.4, 0.5) is 10.1 Å². The zero-order valence-electron chi connectivity index (χ0n) is 14.9. The fraction of sp³-hybridized carbons (Fsp3) is 0.316. The Morgan fingerprint density at radius 1 is 1.26 bits per heavy atom. The Balaban J connectivity index is 1.82. The van der Waals surface area contributed by atoms with Gasteiger partial charge in [-0.25, -0.2) is 12.8 Å². The second-order valence-corrected chi connectivity index (χ2v) is 8.29. The van der Waals surface area contributed by atoms with Gasteiger partial charge in [-0.2, -0.15) is 0 Å². The quantitative estimate of drug-likeness (QED) is 0.837. The molecule has 2 N–H and O–H groups in total. The molecule has 0 bridgehead atoms. The van der Waals surface area contributed by atoms with Crippen LogP contribution in [0, 0.1) is 12.7 Å². The van der Waals surface area contributed by atoms with Crippen LogP contribution >= 0.6 is 0 Å². The van der Waals surface area contributed by atoms with Crippen molar-refractivity contribution in [1.29, 1.82) is 0 Å². The summed E-state index contributed by atoms with van der Waals surface area (Å²) < 4.78 is 40.9. The largest absolute Gasteiger partial charge is 0.391 e. The Labute approximate surface area is 157 Å². The third-order valence-corrected chi connectivity index (χ3v) is 6.01. The van der Waals surface area contributed by atoms with Crippen molar-refractivity contribution < 1.29 is 22.7 Å². The molecule has 2 aromatic carbocycles. The third-order valence-electron chi connectivity index (χ3n) is 4.47. The maximum absolute atomic E-state index is 13.2. The van der Waals surface area contributed by atoms with Crippen LogP contribution in [-0.4, -0.2) is 43.5 Å². The monoisotopic (exact) mass is 392 g/mol. The van der Waals surface area contributed by atoms with Crippen molar-refractivity contribution in [2.45, 2.75) is 30.8 Å². The van der Waals surface area contributed by atoms with Crippen molar-refractivity contribution in [3.05, 3.63) is 59.4 Å². The van der Waals surface area contributed by atoms with Crippen LogP contribution in [0.1, 0.15) is 28.8 Å². The van der Waals surface area contributed by atoms with Crippen molar-refractivity contribution >= 4 is 21.6 Å². The first-order chi connectivity index (χ1) is 12.8. The highest BCUT2D eigenvalue weighted by molar-refractivity contribution is 7.92. The average Bonchev–Trinajstić information content (AvgIpc) is 2.60. The number of aliphatic hydroxyl groups excluding tert-OH is 1. The molecule has 1 aliphatic rings. The molecule has 0 saturated carbocycles. The smallest absolute Gasteiger partial charge is 0.262 e. The highest BCUT2D eigenvalue weighted by atomic mass is 32.2. The third kappa shape index (κ3) is 4.45. The molecule has 6 nitrogen and oxygen atoms in total. The van der Waals surface area contributed by atoms with Gasteiger partial charge in [0.25, 0.3) is 15.9 Å². The van der Waals surface area contributed by atoms with Crippen molar-refractivity contribution in [3.63, 3.8) is 0 Å². The zero-order valence-corrected chi connectivity index (χ0v) is 15.7. The fourth-order valence-electron chi connectivity index (χ4n) is 3.16. The number of β-amino-alcohol motifs (C(OH)–C–C–N with tert-alkyl or cyclic N) is 1. The number of anilines is 1. The molecule has 2 aromatic rings. The molecule has 1 amide bonds. The number of likely N-dealkylation sites (tertiary alicyclic amines) is 1. The Hall–Kier alpha value is -2.45. The van der Waals surface area contributed by atoms with Gasteiger partial charge in [0.2, 0.25) is 0 Å². The lowest BCUT2D eigenvalue weighted by Crippen LogP contribution is -2.42. The number of benzene rings is 2. The molecule has 1 fully saturated rings. The summed E-state index contributed by atoms with van der Waals surface area (Å²) in [4.78, 5) is 14.2.